The van der Waals surface area contributed by atoms with Crippen LogP contribution in [0.2, 0.25) is 0 Å². The van der Waals surface area contributed by atoms with Crippen LogP contribution in [0.5, 0.6) is 0 Å². The first-order valence-electron chi connectivity index (χ1n) is 2.15. The molecule has 0 saturated heterocycles. The summed E-state index contributed by atoms with van der Waals surface area (Å²) in [7, 11) is 2.69. The van der Waals surface area contributed by atoms with Gasteiger partial charge in [0.2, 0.25) is 0 Å². The lowest BCUT2D eigenvalue weighted by Crippen LogP contribution is -1.76. The Bertz CT molecular complexity index is 45.9. The molecule has 0 saturated carbocycles. The summed E-state index contributed by atoms with van der Waals surface area (Å²) in [5.41, 5.74) is 0.634. The van der Waals surface area contributed by atoms with E-state index in [-0.39, 0.29) is 0 Å². The quantitative estimate of drug-likeness (QED) is 0.350. The van der Waals surface area contributed by atoms with Crippen LogP contribution >= 0.6 is 9.24 Å². The number of allylic oxidation sites excluding steroid dienone is 2. The SMILES string of the molecule is CC=CC(C)P. The summed E-state index contributed by atoms with van der Waals surface area (Å²) >= 11 is 0. The third-order valence-electron chi connectivity index (χ3n) is 0.496. The standard InChI is InChI=1S/C5H11P/c1-3-4-5(2)6/h3-5H,6H2,1-2H3. The van der Waals surface area contributed by atoms with Gasteiger partial charge in [-0.3, -0.25) is 0 Å². The van der Waals surface area contributed by atoms with E-state index in [1.54, 1.807) is 0 Å². The highest BCUT2D eigenvalue weighted by atomic mass is 31.0. The summed E-state index contributed by atoms with van der Waals surface area (Å²) in [5, 5.41) is 0. The predicted octanol–water partition coefficient (Wildman–Crippen LogP) is 1.83. The molecule has 0 amide bonds. The normalized spacial score (nSPS) is 15.8. The highest BCUT2D eigenvalue weighted by molar-refractivity contribution is 7.17. The van der Waals surface area contributed by atoms with Gasteiger partial charge in [-0.2, -0.15) is 0 Å². The lowest BCUT2D eigenvalue weighted by Gasteiger charge is -1.87. The number of rotatable bonds is 1. The van der Waals surface area contributed by atoms with Crippen LogP contribution in [0.25, 0.3) is 0 Å². The molecule has 0 heterocycles. The van der Waals surface area contributed by atoms with Crippen LogP contribution in [0, 0.1) is 0 Å². The zero-order chi connectivity index (χ0) is 4.99. The monoisotopic (exact) mass is 102 g/mol. The minimum atomic E-state index is 0.634. The maximum Gasteiger partial charge on any atom is -0.0114 e. The van der Waals surface area contributed by atoms with E-state index < -0.39 is 0 Å². The molecule has 2 unspecified atom stereocenters. The highest BCUT2D eigenvalue weighted by Crippen LogP contribution is 1.96. The van der Waals surface area contributed by atoms with Crippen LogP contribution in [0.4, 0.5) is 0 Å². The topological polar surface area (TPSA) is 0 Å². The van der Waals surface area contributed by atoms with Gasteiger partial charge in [0.1, 0.15) is 0 Å². The van der Waals surface area contributed by atoms with Crippen molar-refractivity contribution in [2.24, 2.45) is 0 Å². The molecule has 0 rings (SSSR count). The summed E-state index contributed by atoms with van der Waals surface area (Å²) in [6, 6.07) is 0. The zero-order valence-corrected chi connectivity index (χ0v) is 5.46. The number of hydrogen-bond acceptors (Lipinski definition) is 0. The van der Waals surface area contributed by atoms with Gasteiger partial charge in [-0.05, 0) is 12.6 Å². The lowest BCUT2D eigenvalue weighted by atomic mass is 10.4. The molecule has 0 N–H and O–H groups in total. The molecule has 2 atom stereocenters. The molecule has 0 aromatic rings. The highest BCUT2D eigenvalue weighted by Gasteiger charge is 1.76. The molecule has 0 aliphatic carbocycles. The van der Waals surface area contributed by atoms with Gasteiger partial charge in [-0.15, -0.1) is 9.24 Å². The van der Waals surface area contributed by atoms with Gasteiger partial charge in [0.15, 0.2) is 0 Å². The molecule has 36 valence electrons. The molecule has 0 radical (unpaired) electrons. The fourth-order valence-electron chi connectivity index (χ4n) is 0.304. The largest absolute Gasteiger partial charge is 0.131 e. The summed E-state index contributed by atoms with van der Waals surface area (Å²) in [6.07, 6.45) is 4.18. The molecular formula is C5H11P. The zero-order valence-electron chi connectivity index (χ0n) is 4.31. The Morgan fingerprint density at radius 2 is 2.17 bits per heavy atom. The van der Waals surface area contributed by atoms with Crippen LogP contribution in [0.15, 0.2) is 12.2 Å². The fourth-order valence-corrected chi connectivity index (χ4v) is 0.526. The molecule has 0 aromatic heterocycles. The minimum Gasteiger partial charge on any atom is -0.131 e. The van der Waals surface area contributed by atoms with Gasteiger partial charge in [0.25, 0.3) is 0 Å². The molecule has 0 aromatic carbocycles. The smallest absolute Gasteiger partial charge is 0.0114 e. The molecular weight excluding hydrogens is 91.0 g/mol. The first kappa shape index (κ1) is 6.17. The average molecular weight is 102 g/mol. The van der Waals surface area contributed by atoms with Crippen LogP contribution in [0.3, 0.4) is 0 Å². The van der Waals surface area contributed by atoms with E-state index in [4.69, 9.17) is 0 Å². The minimum absolute atomic E-state index is 0.634. The molecule has 1 heteroatoms. The molecule has 0 aliphatic rings. The van der Waals surface area contributed by atoms with E-state index in [2.05, 4.69) is 28.3 Å². The van der Waals surface area contributed by atoms with Crippen molar-refractivity contribution >= 4 is 9.24 Å². The van der Waals surface area contributed by atoms with E-state index >= 15 is 0 Å². The molecule has 0 aliphatic heterocycles. The fraction of sp³-hybridized carbons (Fsp3) is 0.600. The Balaban J connectivity index is 3.03. The first-order chi connectivity index (χ1) is 2.77. The van der Waals surface area contributed by atoms with E-state index in [0.29, 0.717) is 5.66 Å². The van der Waals surface area contributed by atoms with Crippen molar-refractivity contribution in [1.29, 1.82) is 0 Å². The van der Waals surface area contributed by atoms with E-state index in [1.165, 1.54) is 0 Å². The van der Waals surface area contributed by atoms with Gasteiger partial charge < -0.3 is 0 Å². The third kappa shape index (κ3) is 4.17. The van der Waals surface area contributed by atoms with Gasteiger partial charge in [-0.1, -0.05) is 19.1 Å². The van der Waals surface area contributed by atoms with E-state index in [1.807, 2.05) is 6.92 Å². The Morgan fingerprint density at radius 3 is 2.17 bits per heavy atom. The Kier molecular flexibility index (Phi) is 3.46. The van der Waals surface area contributed by atoms with Gasteiger partial charge >= 0.3 is 0 Å². The third-order valence-corrected chi connectivity index (χ3v) is 0.718. The Labute approximate surface area is 41.8 Å². The summed E-state index contributed by atoms with van der Waals surface area (Å²) in [4.78, 5) is 0. The maximum atomic E-state index is 2.69. The summed E-state index contributed by atoms with van der Waals surface area (Å²) < 4.78 is 0. The second kappa shape index (κ2) is 3.36. The lowest BCUT2D eigenvalue weighted by molar-refractivity contribution is 1.24. The van der Waals surface area contributed by atoms with Crippen molar-refractivity contribution in [3.8, 4) is 0 Å². The molecule has 0 fully saturated rings. The van der Waals surface area contributed by atoms with Crippen LogP contribution in [0.1, 0.15) is 13.8 Å². The van der Waals surface area contributed by atoms with Gasteiger partial charge in [0, 0.05) is 0 Å². The van der Waals surface area contributed by atoms with E-state index in [0.717, 1.165) is 0 Å². The second-order valence-corrected chi connectivity index (χ2v) is 2.44. The predicted molar refractivity (Wildman–Crippen MR) is 34.0 cm³/mol. The van der Waals surface area contributed by atoms with Crippen LogP contribution < -0.4 is 0 Å². The average Bonchev–Trinajstić information content (AvgIpc) is 1.35. The van der Waals surface area contributed by atoms with Crippen molar-refractivity contribution in [1.82, 2.24) is 0 Å². The van der Waals surface area contributed by atoms with E-state index in [9.17, 15) is 0 Å². The number of hydrogen-bond donors (Lipinski definition) is 0. The van der Waals surface area contributed by atoms with Crippen LogP contribution in [-0.4, -0.2) is 5.66 Å². The Morgan fingerprint density at radius 1 is 1.67 bits per heavy atom. The summed E-state index contributed by atoms with van der Waals surface area (Å²) in [6.45, 7) is 4.16. The maximum absolute atomic E-state index is 2.69. The molecule has 6 heavy (non-hydrogen) atoms. The van der Waals surface area contributed by atoms with Crippen molar-refractivity contribution in [2.45, 2.75) is 19.5 Å². The molecule has 0 spiro atoms. The summed E-state index contributed by atoms with van der Waals surface area (Å²) in [5.74, 6) is 0. The van der Waals surface area contributed by atoms with Crippen molar-refractivity contribution in [3.05, 3.63) is 12.2 Å². The first-order valence-corrected chi connectivity index (χ1v) is 2.82. The van der Waals surface area contributed by atoms with Crippen molar-refractivity contribution in [2.75, 3.05) is 0 Å². The van der Waals surface area contributed by atoms with Gasteiger partial charge in [-0.25, -0.2) is 0 Å². The molecule has 0 bridgehead atoms. The molecule has 0 nitrogen and oxygen atoms in total. The Hall–Kier alpha value is 0.170. The van der Waals surface area contributed by atoms with Crippen molar-refractivity contribution < 1.29 is 0 Å². The van der Waals surface area contributed by atoms with Gasteiger partial charge in [0.05, 0.1) is 0 Å². The van der Waals surface area contributed by atoms with Crippen molar-refractivity contribution in [3.63, 3.8) is 0 Å². The van der Waals surface area contributed by atoms with Crippen LogP contribution in [-0.2, 0) is 0 Å². The second-order valence-electron chi connectivity index (χ2n) is 1.38.